The Bertz CT molecular complexity index is 261. The zero-order valence-corrected chi connectivity index (χ0v) is 10.7. The van der Waals surface area contributed by atoms with Crippen molar-refractivity contribution in [2.24, 2.45) is 5.73 Å². The van der Waals surface area contributed by atoms with Gasteiger partial charge in [0.15, 0.2) is 0 Å². The second-order valence-corrected chi connectivity index (χ2v) is 4.93. The second kappa shape index (κ2) is 7.11. The van der Waals surface area contributed by atoms with Crippen LogP contribution in [0.3, 0.4) is 0 Å². The van der Waals surface area contributed by atoms with E-state index in [-0.39, 0.29) is 12.5 Å². The van der Waals surface area contributed by atoms with E-state index in [1.807, 2.05) is 0 Å². The van der Waals surface area contributed by atoms with Gasteiger partial charge in [0.25, 0.3) is 0 Å². The number of aliphatic carboxylic acids is 1. The fourth-order valence-corrected chi connectivity index (χ4v) is 1.20. The average Bonchev–Trinajstić information content (AvgIpc) is 2.08. The lowest BCUT2D eigenvalue weighted by Crippen LogP contribution is -2.33. The van der Waals surface area contributed by atoms with Gasteiger partial charge < -0.3 is 20.9 Å². The molecule has 6 nitrogen and oxygen atoms in total. The van der Waals surface area contributed by atoms with Crippen molar-refractivity contribution >= 4 is 12.1 Å². The molecule has 4 N–H and O–H groups in total. The quantitative estimate of drug-likeness (QED) is 0.609. The standard InChI is InChI=1S/C11H22N2O4/c1-11(2,3)17-10(16)13-6-4-5-8(12)7-9(14)15/h8H,4-7,12H2,1-3H3,(H,13,16)(H,14,15)/t8-/m0/s1. The molecule has 0 fully saturated rings. The molecule has 0 rings (SSSR count). The van der Waals surface area contributed by atoms with E-state index in [0.717, 1.165) is 0 Å². The number of hydrogen-bond donors (Lipinski definition) is 3. The first-order valence-corrected chi connectivity index (χ1v) is 5.65. The Balaban J connectivity index is 3.58. The van der Waals surface area contributed by atoms with E-state index in [4.69, 9.17) is 15.6 Å². The van der Waals surface area contributed by atoms with E-state index in [1.54, 1.807) is 20.8 Å². The van der Waals surface area contributed by atoms with E-state index in [0.29, 0.717) is 19.4 Å². The predicted octanol–water partition coefficient (Wildman–Crippen LogP) is 1.09. The number of rotatable bonds is 6. The molecule has 0 aliphatic carbocycles. The third-order valence-corrected chi connectivity index (χ3v) is 1.86. The van der Waals surface area contributed by atoms with Crippen LogP contribution in [0.1, 0.15) is 40.0 Å². The number of carbonyl (C=O) groups is 2. The van der Waals surface area contributed by atoms with Crippen molar-refractivity contribution in [2.75, 3.05) is 6.54 Å². The van der Waals surface area contributed by atoms with Crippen LogP contribution in [0.2, 0.25) is 0 Å². The first-order chi connectivity index (χ1) is 7.70. The Kier molecular flexibility index (Phi) is 6.57. The topological polar surface area (TPSA) is 102 Å². The van der Waals surface area contributed by atoms with Gasteiger partial charge in [0.2, 0.25) is 0 Å². The second-order valence-electron chi connectivity index (χ2n) is 4.93. The van der Waals surface area contributed by atoms with E-state index in [2.05, 4.69) is 5.32 Å². The van der Waals surface area contributed by atoms with Crippen molar-refractivity contribution in [1.82, 2.24) is 5.32 Å². The van der Waals surface area contributed by atoms with E-state index in [1.165, 1.54) is 0 Å². The molecule has 1 amide bonds. The molecule has 0 heterocycles. The van der Waals surface area contributed by atoms with Gasteiger partial charge in [-0.25, -0.2) is 4.79 Å². The van der Waals surface area contributed by atoms with Crippen LogP contribution >= 0.6 is 0 Å². The highest BCUT2D eigenvalue weighted by molar-refractivity contribution is 5.68. The first-order valence-electron chi connectivity index (χ1n) is 5.65. The Labute approximate surface area is 102 Å². The zero-order chi connectivity index (χ0) is 13.5. The van der Waals surface area contributed by atoms with E-state index < -0.39 is 17.7 Å². The average molecular weight is 246 g/mol. The van der Waals surface area contributed by atoms with Crippen LogP contribution in [-0.4, -0.2) is 35.4 Å². The predicted molar refractivity (Wildman–Crippen MR) is 63.7 cm³/mol. The number of alkyl carbamates (subject to hydrolysis) is 1. The van der Waals surface area contributed by atoms with Crippen molar-refractivity contribution in [3.63, 3.8) is 0 Å². The number of carboxylic acids is 1. The molecule has 0 saturated heterocycles. The normalized spacial score (nSPS) is 12.9. The van der Waals surface area contributed by atoms with E-state index in [9.17, 15) is 9.59 Å². The van der Waals surface area contributed by atoms with Crippen LogP contribution in [-0.2, 0) is 9.53 Å². The molecule has 0 spiro atoms. The molecule has 17 heavy (non-hydrogen) atoms. The first kappa shape index (κ1) is 15.7. The molecule has 0 aromatic rings. The summed E-state index contributed by atoms with van der Waals surface area (Å²) in [7, 11) is 0. The summed E-state index contributed by atoms with van der Waals surface area (Å²) in [5, 5.41) is 11.1. The van der Waals surface area contributed by atoms with Crippen LogP contribution < -0.4 is 11.1 Å². The highest BCUT2D eigenvalue weighted by Gasteiger charge is 2.15. The van der Waals surface area contributed by atoms with Gasteiger partial charge in [0, 0.05) is 12.6 Å². The fourth-order valence-electron chi connectivity index (χ4n) is 1.20. The summed E-state index contributed by atoms with van der Waals surface area (Å²) in [6.07, 6.45) is 0.673. The lowest BCUT2D eigenvalue weighted by Gasteiger charge is -2.19. The molecule has 0 aromatic carbocycles. The number of nitrogens with two attached hydrogens (primary N) is 1. The summed E-state index contributed by atoms with van der Waals surface area (Å²) in [4.78, 5) is 21.6. The van der Waals surface area contributed by atoms with Crippen LogP contribution in [0.5, 0.6) is 0 Å². The molecule has 0 saturated carbocycles. The number of carboxylic acid groups (broad SMARTS) is 1. The molecule has 0 aliphatic rings. The van der Waals surface area contributed by atoms with Crippen molar-refractivity contribution in [2.45, 2.75) is 51.7 Å². The van der Waals surface area contributed by atoms with Crippen molar-refractivity contribution in [3.8, 4) is 0 Å². The Morgan fingerprint density at radius 3 is 2.47 bits per heavy atom. The van der Waals surface area contributed by atoms with Crippen LogP contribution in [0, 0.1) is 0 Å². The molecule has 0 aromatic heterocycles. The van der Waals surface area contributed by atoms with Crippen LogP contribution in [0.4, 0.5) is 4.79 Å². The molecule has 0 radical (unpaired) electrons. The Morgan fingerprint density at radius 1 is 1.41 bits per heavy atom. The third kappa shape index (κ3) is 11.0. The lowest BCUT2D eigenvalue weighted by atomic mass is 10.1. The molecule has 1 atom stereocenters. The van der Waals surface area contributed by atoms with Crippen molar-refractivity contribution in [1.29, 1.82) is 0 Å². The van der Waals surface area contributed by atoms with Crippen molar-refractivity contribution < 1.29 is 19.4 Å². The minimum absolute atomic E-state index is 0.0492. The molecule has 0 bridgehead atoms. The number of carbonyl (C=O) groups excluding carboxylic acids is 1. The summed E-state index contributed by atoms with van der Waals surface area (Å²) in [5.74, 6) is -0.905. The molecule has 0 unspecified atom stereocenters. The van der Waals surface area contributed by atoms with Gasteiger partial charge in [-0.2, -0.15) is 0 Å². The molecule has 0 aliphatic heterocycles. The lowest BCUT2D eigenvalue weighted by molar-refractivity contribution is -0.137. The molecule has 6 heteroatoms. The largest absolute Gasteiger partial charge is 0.481 e. The number of ether oxygens (including phenoxy) is 1. The molecular formula is C11H22N2O4. The number of nitrogens with one attached hydrogen (secondary N) is 1. The van der Waals surface area contributed by atoms with Gasteiger partial charge in [-0.05, 0) is 33.6 Å². The van der Waals surface area contributed by atoms with Crippen LogP contribution in [0.15, 0.2) is 0 Å². The third-order valence-electron chi connectivity index (χ3n) is 1.86. The summed E-state index contributed by atoms with van der Waals surface area (Å²) < 4.78 is 5.03. The fraction of sp³-hybridized carbons (Fsp3) is 0.818. The number of hydrogen-bond acceptors (Lipinski definition) is 4. The van der Waals surface area contributed by atoms with Gasteiger partial charge in [0.1, 0.15) is 5.60 Å². The van der Waals surface area contributed by atoms with Crippen LogP contribution in [0.25, 0.3) is 0 Å². The van der Waals surface area contributed by atoms with Gasteiger partial charge >= 0.3 is 12.1 Å². The van der Waals surface area contributed by atoms with Crippen molar-refractivity contribution in [3.05, 3.63) is 0 Å². The minimum Gasteiger partial charge on any atom is -0.481 e. The van der Waals surface area contributed by atoms with Gasteiger partial charge in [-0.1, -0.05) is 0 Å². The number of amides is 1. The summed E-state index contributed by atoms with van der Waals surface area (Å²) in [6.45, 7) is 5.79. The van der Waals surface area contributed by atoms with Gasteiger partial charge in [0.05, 0.1) is 6.42 Å². The van der Waals surface area contributed by atoms with Gasteiger partial charge in [-0.15, -0.1) is 0 Å². The SMILES string of the molecule is CC(C)(C)OC(=O)NCCC[C@H](N)CC(=O)O. The smallest absolute Gasteiger partial charge is 0.407 e. The highest BCUT2D eigenvalue weighted by Crippen LogP contribution is 2.06. The maximum Gasteiger partial charge on any atom is 0.407 e. The van der Waals surface area contributed by atoms with Gasteiger partial charge in [-0.3, -0.25) is 4.79 Å². The Hall–Kier alpha value is -1.30. The monoisotopic (exact) mass is 246 g/mol. The molecule has 100 valence electrons. The maximum atomic E-state index is 11.2. The summed E-state index contributed by atoms with van der Waals surface area (Å²) in [5.41, 5.74) is 5.06. The Morgan fingerprint density at radius 2 is 2.00 bits per heavy atom. The molecular weight excluding hydrogens is 224 g/mol. The highest BCUT2D eigenvalue weighted by atomic mass is 16.6. The summed E-state index contributed by atoms with van der Waals surface area (Å²) in [6, 6.07) is -0.368. The summed E-state index contributed by atoms with van der Waals surface area (Å²) >= 11 is 0. The zero-order valence-electron chi connectivity index (χ0n) is 10.7. The maximum absolute atomic E-state index is 11.2. The minimum atomic E-state index is -0.905. The van der Waals surface area contributed by atoms with E-state index >= 15 is 0 Å².